The largest absolute Gasteiger partial charge is 0.270 e. The summed E-state index contributed by atoms with van der Waals surface area (Å²) in [6.45, 7) is 4.33. The normalized spacial score (nSPS) is 19.2. The van der Waals surface area contributed by atoms with Gasteiger partial charge in [0.1, 0.15) is 0 Å². The first-order valence-corrected chi connectivity index (χ1v) is 6.87. The quantitative estimate of drug-likeness (QED) is 0.765. The van der Waals surface area contributed by atoms with Gasteiger partial charge in [0, 0.05) is 17.6 Å². The van der Waals surface area contributed by atoms with Gasteiger partial charge in [-0.25, -0.2) is 0 Å². The van der Waals surface area contributed by atoms with Gasteiger partial charge in [0.05, 0.1) is 5.69 Å². The Hall–Kier alpha value is -0.310. The van der Waals surface area contributed by atoms with Crippen molar-refractivity contribution in [3.05, 3.63) is 18.0 Å². The molecule has 2 nitrogen and oxygen atoms in total. The Labute approximate surface area is 100 Å². The number of alkyl halides is 1. The van der Waals surface area contributed by atoms with E-state index in [9.17, 15) is 0 Å². The lowest BCUT2D eigenvalue weighted by atomic mass is 9.68. The van der Waals surface area contributed by atoms with Crippen LogP contribution in [0.4, 0.5) is 0 Å². The maximum atomic E-state index is 4.62. The predicted molar refractivity (Wildman–Crippen MR) is 66.4 cm³/mol. The van der Waals surface area contributed by atoms with Crippen LogP contribution in [0.1, 0.15) is 44.8 Å². The van der Waals surface area contributed by atoms with Crippen molar-refractivity contribution in [3.8, 4) is 0 Å². The minimum absolute atomic E-state index is 0.472. The summed E-state index contributed by atoms with van der Waals surface area (Å²) in [5, 5.41) is 5.74. The van der Waals surface area contributed by atoms with E-state index in [1.807, 2.05) is 0 Å². The maximum Gasteiger partial charge on any atom is 0.0630 e. The van der Waals surface area contributed by atoms with Crippen LogP contribution in [0.5, 0.6) is 0 Å². The lowest BCUT2D eigenvalue weighted by Crippen LogP contribution is -2.33. The molecule has 1 aliphatic rings. The summed E-state index contributed by atoms with van der Waals surface area (Å²) < 4.78 is 2.05. The zero-order valence-electron chi connectivity index (χ0n) is 9.54. The summed E-state index contributed by atoms with van der Waals surface area (Å²) in [5.74, 6) is 0. The fraction of sp³-hybridized carbons (Fsp3) is 0.750. The van der Waals surface area contributed by atoms with E-state index in [1.165, 1.54) is 25.0 Å². The minimum atomic E-state index is 0.472. The van der Waals surface area contributed by atoms with Crippen LogP contribution < -0.4 is 0 Å². The summed E-state index contributed by atoms with van der Waals surface area (Å²) in [6, 6.07) is 2.64. The molecule has 1 aliphatic carbocycles. The molecule has 1 fully saturated rings. The van der Waals surface area contributed by atoms with E-state index >= 15 is 0 Å². The smallest absolute Gasteiger partial charge is 0.0630 e. The van der Waals surface area contributed by atoms with Crippen LogP contribution >= 0.6 is 15.9 Å². The molecule has 0 unspecified atom stereocenters. The highest BCUT2D eigenvalue weighted by Crippen LogP contribution is 2.44. The first-order chi connectivity index (χ1) is 7.15. The molecule has 84 valence electrons. The monoisotopic (exact) mass is 270 g/mol. The molecule has 1 aromatic heterocycles. The maximum absolute atomic E-state index is 4.62. The lowest BCUT2D eigenvalue weighted by Gasteiger charge is -2.40. The second-order valence-electron chi connectivity index (χ2n) is 5.04. The molecular weight excluding hydrogens is 252 g/mol. The Morgan fingerprint density at radius 2 is 2.27 bits per heavy atom. The summed E-state index contributed by atoms with van der Waals surface area (Å²) in [6.07, 6.45) is 7.33. The molecule has 2 rings (SSSR count). The van der Waals surface area contributed by atoms with Gasteiger partial charge in [-0.3, -0.25) is 4.68 Å². The standard InChI is InChI=1S/C12H19BrN2/c1-10(2)15-7-4-11(14-15)8-12(9-13)5-3-6-12/h4,7,10H,3,5-6,8-9H2,1-2H3. The molecule has 0 aromatic carbocycles. The molecule has 0 spiro atoms. The van der Waals surface area contributed by atoms with Gasteiger partial charge in [0.2, 0.25) is 0 Å². The van der Waals surface area contributed by atoms with Crippen LogP contribution in [0.3, 0.4) is 0 Å². The molecule has 0 radical (unpaired) electrons. The highest BCUT2D eigenvalue weighted by molar-refractivity contribution is 9.09. The molecular formula is C12H19BrN2. The third-order valence-corrected chi connectivity index (χ3v) is 4.64. The number of nitrogens with zero attached hydrogens (tertiary/aromatic N) is 2. The van der Waals surface area contributed by atoms with Gasteiger partial charge in [0.15, 0.2) is 0 Å². The molecule has 0 atom stereocenters. The number of hydrogen-bond acceptors (Lipinski definition) is 1. The number of hydrogen-bond donors (Lipinski definition) is 0. The van der Waals surface area contributed by atoms with Crippen molar-refractivity contribution in [2.45, 2.75) is 45.6 Å². The lowest BCUT2D eigenvalue weighted by molar-refractivity contribution is 0.168. The van der Waals surface area contributed by atoms with Crippen LogP contribution in [-0.2, 0) is 6.42 Å². The highest BCUT2D eigenvalue weighted by Gasteiger charge is 2.36. The zero-order valence-corrected chi connectivity index (χ0v) is 11.1. The molecule has 0 bridgehead atoms. The van der Waals surface area contributed by atoms with Crippen LogP contribution in [0.25, 0.3) is 0 Å². The van der Waals surface area contributed by atoms with E-state index in [1.54, 1.807) is 0 Å². The van der Waals surface area contributed by atoms with Crippen molar-refractivity contribution in [1.29, 1.82) is 0 Å². The molecule has 0 N–H and O–H groups in total. The van der Waals surface area contributed by atoms with Crippen molar-refractivity contribution in [2.75, 3.05) is 5.33 Å². The second kappa shape index (κ2) is 4.28. The summed E-state index contributed by atoms with van der Waals surface area (Å²) in [4.78, 5) is 0. The van der Waals surface area contributed by atoms with Crippen molar-refractivity contribution in [2.24, 2.45) is 5.41 Å². The number of aromatic nitrogens is 2. The zero-order chi connectivity index (χ0) is 10.9. The van der Waals surface area contributed by atoms with Crippen LogP contribution in [0.2, 0.25) is 0 Å². The highest BCUT2D eigenvalue weighted by atomic mass is 79.9. The third-order valence-electron chi connectivity index (χ3n) is 3.45. The summed E-state index contributed by atoms with van der Waals surface area (Å²) in [7, 11) is 0. The van der Waals surface area contributed by atoms with E-state index in [2.05, 4.69) is 51.8 Å². The van der Waals surface area contributed by atoms with E-state index in [-0.39, 0.29) is 0 Å². The first-order valence-electron chi connectivity index (χ1n) is 5.75. The Morgan fingerprint density at radius 1 is 1.53 bits per heavy atom. The van der Waals surface area contributed by atoms with Crippen LogP contribution in [0.15, 0.2) is 12.3 Å². The minimum Gasteiger partial charge on any atom is -0.270 e. The second-order valence-corrected chi connectivity index (χ2v) is 5.61. The van der Waals surface area contributed by atoms with Crippen LogP contribution in [-0.4, -0.2) is 15.1 Å². The first kappa shape index (κ1) is 11.2. The van der Waals surface area contributed by atoms with Gasteiger partial charge in [0.25, 0.3) is 0 Å². The molecule has 1 saturated carbocycles. The Kier molecular flexibility index (Phi) is 3.19. The Bertz CT molecular complexity index is 321. The number of rotatable bonds is 4. The van der Waals surface area contributed by atoms with E-state index in [0.717, 1.165) is 11.8 Å². The van der Waals surface area contributed by atoms with Gasteiger partial charge in [-0.1, -0.05) is 22.4 Å². The third kappa shape index (κ3) is 2.27. The van der Waals surface area contributed by atoms with Gasteiger partial charge in [-0.2, -0.15) is 5.10 Å². The average molecular weight is 271 g/mol. The van der Waals surface area contributed by atoms with Gasteiger partial charge in [-0.15, -0.1) is 0 Å². The molecule has 0 saturated heterocycles. The topological polar surface area (TPSA) is 17.8 Å². The summed E-state index contributed by atoms with van der Waals surface area (Å²) >= 11 is 3.64. The fourth-order valence-electron chi connectivity index (χ4n) is 2.18. The molecule has 0 aliphatic heterocycles. The van der Waals surface area contributed by atoms with Gasteiger partial charge >= 0.3 is 0 Å². The predicted octanol–water partition coefficient (Wildman–Crippen LogP) is 3.57. The van der Waals surface area contributed by atoms with E-state index < -0.39 is 0 Å². The van der Waals surface area contributed by atoms with Crippen molar-refractivity contribution < 1.29 is 0 Å². The Balaban J connectivity index is 2.04. The van der Waals surface area contributed by atoms with Crippen molar-refractivity contribution in [1.82, 2.24) is 9.78 Å². The molecule has 1 aromatic rings. The molecule has 1 heterocycles. The Morgan fingerprint density at radius 3 is 2.67 bits per heavy atom. The van der Waals surface area contributed by atoms with Crippen LogP contribution in [0, 0.1) is 5.41 Å². The van der Waals surface area contributed by atoms with Gasteiger partial charge in [-0.05, 0) is 44.6 Å². The van der Waals surface area contributed by atoms with E-state index in [0.29, 0.717) is 11.5 Å². The number of halogens is 1. The fourth-order valence-corrected chi connectivity index (χ4v) is 2.94. The van der Waals surface area contributed by atoms with Crippen molar-refractivity contribution >= 4 is 15.9 Å². The molecule has 0 amide bonds. The van der Waals surface area contributed by atoms with Gasteiger partial charge < -0.3 is 0 Å². The molecule has 3 heteroatoms. The molecule has 15 heavy (non-hydrogen) atoms. The average Bonchev–Trinajstić information content (AvgIpc) is 2.59. The van der Waals surface area contributed by atoms with E-state index in [4.69, 9.17) is 0 Å². The van der Waals surface area contributed by atoms with Crippen molar-refractivity contribution in [3.63, 3.8) is 0 Å². The SMILES string of the molecule is CC(C)n1ccc(CC2(CBr)CCC2)n1. The summed E-state index contributed by atoms with van der Waals surface area (Å²) in [5.41, 5.74) is 1.76.